The zero-order chi connectivity index (χ0) is 19.6. The van der Waals surface area contributed by atoms with E-state index in [9.17, 15) is 5.11 Å². The molecule has 140 valence electrons. The van der Waals surface area contributed by atoms with Gasteiger partial charge in [0, 0.05) is 11.1 Å². The zero-order valence-electron chi connectivity index (χ0n) is 17.0. The summed E-state index contributed by atoms with van der Waals surface area (Å²) in [5.41, 5.74) is 5.06. The Kier molecular flexibility index (Phi) is 5.50. The van der Waals surface area contributed by atoms with E-state index in [1.54, 1.807) is 0 Å². The molecule has 0 aliphatic carbocycles. The van der Waals surface area contributed by atoms with Gasteiger partial charge in [0.25, 0.3) is 0 Å². The number of benzene rings is 3. The van der Waals surface area contributed by atoms with E-state index in [2.05, 4.69) is 71.3 Å². The number of nitrogens with one attached hydrogen (secondary N) is 1. The van der Waals surface area contributed by atoms with Crippen molar-refractivity contribution in [2.45, 2.75) is 32.4 Å². The quantitative estimate of drug-likeness (QED) is 0.665. The van der Waals surface area contributed by atoms with Crippen molar-refractivity contribution in [2.75, 3.05) is 14.1 Å². The Morgan fingerprint density at radius 3 is 2.07 bits per heavy atom. The summed E-state index contributed by atoms with van der Waals surface area (Å²) < 4.78 is 0. The SMILES string of the molecule is Cc1ccc([C@@](O)(c2ccccc2)c2ccccc2[C@@H](C)[NH+](C)C)c(C)c1. The van der Waals surface area contributed by atoms with Crippen LogP contribution in [0, 0.1) is 13.8 Å². The molecule has 2 atom stereocenters. The van der Waals surface area contributed by atoms with Gasteiger partial charge in [-0.25, -0.2) is 0 Å². The van der Waals surface area contributed by atoms with Gasteiger partial charge >= 0.3 is 0 Å². The maximum absolute atomic E-state index is 12.3. The normalized spacial score (nSPS) is 14.8. The van der Waals surface area contributed by atoms with Crippen LogP contribution in [0.4, 0.5) is 0 Å². The van der Waals surface area contributed by atoms with E-state index in [0.717, 1.165) is 22.3 Å². The summed E-state index contributed by atoms with van der Waals surface area (Å²) in [4.78, 5) is 1.33. The summed E-state index contributed by atoms with van der Waals surface area (Å²) in [6, 6.07) is 24.9. The van der Waals surface area contributed by atoms with Crippen LogP contribution in [0.2, 0.25) is 0 Å². The zero-order valence-corrected chi connectivity index (χ0v) is 17.0. The third-order valence-electron chi connectivity index (χ3n) is 5.65. The maximum atomic E-state index is 12.3. The second kappa shape index (κ2) is 7.67. The summed E-state index contributed by atoms with van der Waals surface area (Å²) in [7, 11) is 4.31. The van der Waals surface area contributed by atoms with Crippen LogP contribution in [0.1, 0.15) is 46.3 Å². The molecule has 2 nitrogen and oxygen atoms in total. The first kappa shape index (κ1) is 19.3. The Hall–Kier alpha value is -2.42. The van der Waals surface area contributed by atoms with Crippen LogP contribution in [0.5, 0.6) is 0 Å². The molecule has 27 heavy (non-hydrogen) atoms. The van der Waals surface area contributed by atoms with Gasteiger partial charge in [0.2, 0.25) is 0 Å². The highest BCUT2D eigenvalue weighted by molar-refractivity contribution is 5.53. The molecular weight excluding hydrogens is 330 g/mol. The molecule has 0 saturated heterocycles. The largest absolute Gasteiger partial charge is 0.376 e. The lowest BCUT2D eigenvalue weighted by Crippen LogP contribution is -3.05. The highest BCUT2D eigenvalue weighted by atomic mass is 16.3. The third-order valence-corrected chi connectivity index (χ3v) is 5.65. The average molecular weight is 361 g/mol. The monoisotopic (exact) mass is 360 g/mol. The van der Waals surface area contributed by atoms with Crippen molar-refractivity contribution < 1.29 is 10.0 Å². The van der Waals surface area contributed by atoms with Crippen LogP contribution < -0.4 is 4.90 Å². The van der Waals surface area contributed by atoms with Crippen molar-refractivity contribution in [1.82, 2.24) is 0 Å². The van der Waals surface area contributed by atoms with Crippen molar-refractivity contribution in [3.8, 4) is 0 Å². The van der Waals surface area contributed by atoms with Gasteiger partial charge in [-0.05, 0) is 37.5 Å². The standard InChI is InChI=1S/C25H29NO/c1-18-15-16-23(19(2)17-18)25(27,21-11-7-6-8-12-21)24-14-10-9-13-22(24)20(3)26(4)5/h6-17,20,27H,1-5H3/p+1/t20-,25+/m1/s1. The van der Waals surface area contributed by atoms with Gasteiger partial charge in [-0.2, -0.15) is 0 Å². The molecular formula is C25H30NO+. The lowest BCUT2D eigenvalue weighted by Gasteiger charge is -2.34. The van der Waals surface area contributed by atoms with Crippen LogP contribution in [0.25, 0.3) is 0 Å². The molecule has 2 heteroatoms. The fourth-order valence-electron chi connectivity index (χ4n) is 3.87. The van der Waals surface area contributed by atoms with Crippen LogP contribution in [0.3, 0.4) is 0 Å². The van der Waals surface area contributed by atoms with E-state index in [1.807, 2.05) is 36.4 Å². The molecule has 0 unspecified atom stereocenters. The number of hydrogen-bond acceptors (Lipinski definition) is 1. The Bertz CT molecular complexity index is 917. The van der Waals surface area contributed by atoms with E-state index >= 15 is 0 Å². The Labute approximate surface area is 163 Å². The highest BCUT2D eigenvalue weighted by Crippen LogP contribution is 2.41. The fraction of sp³-hybridized carbons (Fsp3) is 0.280. The van der Waals surface area contributed by atoms with Gasteiger partial charge in [0.1, 0.15) is 11.6 Å². The summed E-state index contributed by atoms with van der Waals surface area (Å²) in [6.07, 6.45) is 0. The summed E-state index contributed by atoms with van der Waals surface area (Å²) >= 11 is 0. The topological polar surface area (TPSA) is 24.7 Å². The minimum Gasteiger partial charge on any atom is -0.376 e. The predicted octanol–water partition coefficient (Wildman–Crippen LogP) is 3.79. The Morgan fingerprint density at radius 2 is 1.44 bits per heavy atom. The van der Waals surface area contributed by atoms with Crippen LogP contribution in [-0.2, 0) is 5.60 Å². The van der Waals surface area contributed by atoms with Gasteiger partial charge in [-0.1, -0.05) is 78.4 Å². The minimum atomic E-state index is -1.20. The molecule has 0 amide bonds. The molecule has 3 aromatic rings. The van der Waals surface area contributed by atoms with E-state index in [-0.39, 0.29) is 6.04 Å². The van der Waals surface area contributed by atoms with Crippen LogP contribution in [0.15, 0.2) is 72.8 Å². The molecule has 3 aromatic carbocycles. The van der Waals surface area contributed by atoms with E-state index in [1.165, 1.54) is 16.0 Å². The summed E-state index contributed by atoms with van der Waals surface area (Å²) in [5, 5.41) is 12.3. The second-order valence-electron chi connectivity index (χ2n) is 7.78. The first-order valence-corrected chi connectivity index (χ1v) is 9.60. The molecule has 3 rings (SSSR count). The van der Waals surface area contributed by atoms with Gasteiger partial charge in [-0.3, -0.25) is 0 Å². The number of rotatable bonds is 5. The first-order valence-electron chi connectivity index (χ1n) is 9.60. The molecule has 2 N–H and O–H groups in total. The molecule has 0 aliphatic heterocycles. The molecule has 0 aromatic heterocycles. The van der Waals surface area contributed by atoms with E-state index in [0.29, 0.717) is 0 Å². The van der Waals surface area contributed by atoms with Gasteiger partial charge in [-0.15, -0.1) is 0 Å². The maximum Gasteiger partial charge on any atom is 0.141 e. The highest BCUT2D eigenvalue weighted by Gasteiger charge is 2.38. The van der Waals surface area contributed by atoms with Gasteiger partial charge in [0.05, 0.1) is 14.1 Å². The Balaban J connectivity index is 2.34. The molecule has 0 bridgehead atoms. The smallest absolute Gasteiger partial charge is 0.141 e. The van der Waals surface area contributed by atoms with E-state index < -0.39 is 5.60 Å². The molecule has 0 heterocycles. The van der Waals surface area contributed by atoms with Gasteiger partial charge < -0.3 is 10.0 Å². The molecule has 0 radical (unpaired) electrons. The molecule has 0 spiro atoms. The second-order valence-corrected chi connectivity index (χ2v) is 7.78. The van der Waals surface area contributed by atoms with Crippen molar-refractivity contribution in [3.05, 3.63) is 106 Å². The van der Waals surface area contributed by atoms with E-state index in [4.69, 9.17) is 0 Å². The average Bonchev–Trinajstić information content (AvgIpc) is 2.67. The summed E-state index contributed by atoms with van der Waals surface area (Å²) in [5.74, 6) is 0. The number of aryl methyl sites for hydroxylation is 2. The molecule has 0 saturated carbocycles. The van der Waals surface area contributed by atoms with Crippen molar-refractivity contribution in [3.63, 3.8) is 0 Å². The number of quaternary nitrogens is 1. The molecule has 0 aliphatic rings. The number of aliphatic hydroxyl groups is 1. The predicted molar refractivity (Wildman–Crippen MR) is 112 cm³/mol. The lowest BCUT2D eigenvalue weighted by atomic mass is 9.75. The van der Waals surface area contributed by atoms with Crippen molar-refractivity contribution in [2.24, 2.45) is 0 Å². The number of hydrogen-bond donors (Lipinski definition) is 2. The van der Waals surface area contributed by atoms with Gasteiger partial charge in [0.15, 0.2) is 0 Å². The summed E-state index contributed by atoms with van der Waals surface area (Å²) in [6.45, 7) is 6.38. The van der Waals surface area contributed by atoms with Crippen molar-refractivity contribution >= 4 is 0 Å². The molecule has 0 fully saturated rings. The first-order chi connectivity index (χ1) is 12.9. The van der Waals surface area contributed by atoms with Crippen LogP contribution >= 0.6 is 0 Å². The third kappa shape index (κ3) is 3.55. The minimum absolute atomic E-state index is 0.266. The van der Waals surface area contributed by atoms with Crippen LogP contribution in [-0.4, -0.2) is 19.2 Å². The Morgan fingerprint density at radius 1 is 0.815 bits per heavy atom. The fourth-order valence-corrected chi connectivity index (χ4v) is 3.87. The lowest BCUT2D eigenvalue weighted by molar-refractivity contribution is -0.890. The van der Waals surface area contributed by atoms with Crippen molar-refractivity contribution in [1.29, 1.82) is 0 Å².